The predicted molar refractivity (Wildman–Crippen MR) is 67.8 cm³/mol. The molecule has 1 aromatic rings. The van der Waals surface area contributed by atoms with Crippen LogP contribution in [0.5, 0.6) is 0 Å². The van der Waals surface area contributed by atoms with E-state index >= 15 is 0 Å². The lowest BCUT2D eigenvalue weighted by Gasteiger charge is -2.23. The van der Waals surface area contributed by atoms with Crippen molar-refractivity contribution in [2.45, 2.75) is 13.8 Å². The fourth-order valence-electron chi connectivity index (χ4n) is 1.36. The lowest BCUT2D eigenvalue weighted by molar-refractivity contribution is -0.123. The maximum atomic E-state index is 11.9. The first-order chi connectivity index (χ1) is 7.45. The van der Waals surface area contributed by atoms with Gasteiger partial charge in [0, 0.05) is 17.3 Å². The predicted octanol–water partition coefficient (Wildman–Crippen LogP) is 2.52. The molecular formula is C12H17ClN2O. The van der Waals surface area contributed by atoms with Gasteiger partial charge in [0.2, 0.25) is 5.91 Å². The van der Waals surface area contributed by atoms with E-state index in [0.29, 0.717) is 11.6 Å². The summed E-state index contributed by atoms with van der Waals surface area (Å²) in [7, 11) is 1.83. The van der Waals surface area contributed by atoms with E-state index in [2.05, 4.69) is 10.6 Å². The van der Waals surface area contributed by atoms with Crippen LogP contribution in [0.15, 0.2) is 24.3 Å². The third-order valence-electron chi connectivity index (χ3n) is 2.34. The molecule has 0 bridgehead atoms. The van der Waals surface area contributed by atoms with Gasteiger partial charge in [0.25, 0.3) is 0 Å². The number of nitrogens with one attached hydrogen (secondary N) is 2. The van der Waals surface area contributed by atoms with Crippen LogP contribution in [-0.2, 0) is 4.79 Å². The van der Waals surface area contributed by atoms with Gasteiger partial charge < -0.3 is 10.6 Å². The maximum Gasteiger partial charge on any atom is 0.231 e. The van der Waals surface area contributed by atoms with Gasteiger partial charge in [-0.3, -0.25) is 4.79 Å². The summed E-state index contributed by atoms with van der Waals surface area (Å²) in [5, 5.41) is 6.52. The Labute approximate surface area is 101 Å². The van der Waals surface area contributed by atoms with Crippen molar-refractivity contribution in [3.05, 3.63) is 29.3 Å². The van der Waals surface area contributed by atoms with Crippen LogP contribution in [0, 0.1) is 5.41 Å². The molecular weight excluding hydrogens is 224 g/mol. The van der Waals surface area contributed by atoms with Crippen LogP contribution in [-0.4, -0.2) is 19.5 Å². The summed E-state index contributed by atoms with van der Waals surface area (Å²) in [5.41, 5.74) is 0.326. The van der Waals surface area contributed by atoms with E-state index in [0.717, 1.165) is 5.69 Å². The molecule has 0 aliphatic rings. The molecule has 4 heteroatoms. The largest absolute Gasteiger partial charge is 0.326 e. The zero-order valence-corrected chi connectivity index (χ0v) is 10.6. The van der Waals surface area contributed by atoms with Crippen molar-refractivity contribution in [2.75, 3.05) is 18.9 Å². The van der Waals surface area contributed by atoms with E-state index in [-0.39, 0.29) is 5.91 Å². The molecule has 0 atom stereocenters. The first-order valence-electron chi connectivity index (χ1n) is 5.17. The molecule has 0 saturated carbocycles. The lowest BCUT2D eigenvalue weighted by Crippen LogP contribution is -2.38. The number of anilines is 1. The van der Waals surface area contributed by atoms with E-state index in [1.54, 1.807) is 24.3 Å². The maximum absolute atomic E-state index is 11.9. The van der Waals surface area contributed by atoms with Crippen molar-refractivity contribution in [3.63, 3.8) is 0 Å². The van der Waals surface area contributed by atoms with E-state index < -0.39 is 5.41 Å². The van der Waals surface area contributed by atoms with Crippen molar-refractivity contribution >= 4 is 23.2 Å². The van der Waals surface area contributed by atoms with Gasteiger partial charge in [-0.15, -0.1) is 0 Å². The molecule has 2 N–H and O–H groups in total. The summed E-state index contributed by atoms with van der Waals surface area (Å²) in [4.78, 5) is 11.9. The van der Waals surface area contributed by atoms with Gasteiger partial charge in [-0.1, -0.05) is 11.6 Å². The fraction of sp³-hybridized carbons (Fsp3) is 0.417. The molecule has 1 rings (SSSR count). The zero-order chi connectivity index (χ0) is 12.2. The average molecular weight is 241 g/mol. The van der Waals surface area contributed by atoms with Crippen LogP contribution < -0.4 is 10.6 Å². The minimum atomic E-state index is -0.436. The smallest absolute Gasteiger partial charge is 0.231 e. The van der Waals surface area contributed by atoms with Crippen LogP contribution in [0.25, 0.3) is 0 Å². The number of carbonyl (C=O) groups is 1. The first kappa shape index (κ1) is 13.0. The Kier molecular flexibility index (Phi) is 4.33. The summed E-state index contributed by atoms with van der Waals surface area (Å²) in [5.74, 6) is -0.0100. The van der Waals surface area contributed by atoms with Gasteiger partial charge >= 0.3 is 0 Å². The highest BCUT2D eigenvalue weighted by Crippen LogP contribution is 2.19. The Morgan fingerprint density at radius 3 is 2.38 bits per heavy atom. The second kappa shape index (κ2) is 5.32. The highest BCUT2D eigenvalue weighted by Gasteiger charge is 2.26. The summed E-state index contributed by atoms with van der Waals surface area (Å²) >= 11 is 5.77. The highest BCUT2D eigenvalue weighted by atomic mass is 35.5. The summed E-state index contributed by atoms with van der Waals surface area (Å²) in [6.07, 6.45) is 0. The van der Waals surface area contributed by atoms with Gasteiger partial charge in [0.05, 0.1) is 5.41 Å². The topological polar surface area (TPSA) is 41.1 Å². The number of rotatable bonds is 4. The van der Waals surface area contributed by atoms with Crippen LogP contribution in [0.4, 0.5) is 5.69 Å². The van der Waals surface area contributed by atoms with Crippen LogP contribution in [0.3, 0.4) is 0 Å². The van der Waals surface area contributed by atoms with E-state index in [1.807, 2.05) is 20.9 Å². The molecule has 1 aromatic carbocycles. The molecule has 88 valence electrons. The second-order valence-corrected chi connectivity index (χ2v) is 4.81. The molecule has 0 heterocycles. The normalized spacial score (nSPS) is 11.2. The Bertz CT molecular complexity index is 360. The Morgan fingerprint density at radius 1 is 1.31 bits per heavy atom. The Balaban J connectivity index is 2.67. The monoisotopic (exact) mass is 240 g/mol. The summed E-state index contributed by atoms with van der Waals surface area (Å²) in [6, 6.07) is 7.08. The average Bonchev–Trinajstić information content (AvgIpc) is 2.21. The van der Waals surface area contributed by atoms with Gasteiger partial charge in [0.1, 0.15) is 0 Å². The third-order valence-corrected chi connectivity index (χ3v) is 2.59. The van der Waals surface area contributed by atoms with Crippen LogP contribution >= 0.6 is 11.6 Å². The molecule has 0 saturated heterocycles. The van der Waals surface area contributed by atoms with Gasteiger partial charge in [0.15, 0.2) is 0 Å². The van der Waals surface area contributed by atoms with Gasteiger partial charge in [-0.25, -0.2) is 0 Å². The van der Waals surface area contributed by atoms with E-state index in [1.165, 1.54) is 0 Å². The SMILES string of the molecule is CNCC(C)(C)C(=O)Nc1ccc(Cl)cc1. The van der Waals surface area contributed by atoms with Crippen molar-refractivity contribution in [1.82, 2.24) is 5.32 Å². The molecule has 1 amide bonds. The quantitative estimate of drug-likeness (QED) is 0.849. The third kappa shape index (κ3) is 3.51. The number of carbonyl (C=O) groups excluding carboxylic acids is 1. The lowest BCUT2D eigenvalue weighted by atomic mass is 9.92. The Hall–Kier alpha value is -1.06. The van der Waals surface area contributed by atoms with Crippen molar-refractivity contribution in [2.24, 2.45) is 5.41 Å². The number of benzene rings is 1. The van der Waals surface area contributed by atoms with Crippen molar-refractivity contribution in [3.8, 4) is 0 Å². The van der Waals surface area contributed by atoms with Crippen LogP contribution in [0.2, 0.25) is 5.02 Å². The number of halogens is 1. The molecule has 0 radical (unpaired) electrons. The second-order valence-electron chi connectivity index (χ2n) is 4.38. The number of hydrogen-bond acceptors (Lipinski definition) is 2. The van der Waals surface area contributed by atoms with E-state index in [9.17, 15) is 4.79 Å². The molecule has 0 aliphatic carbocycles. The fourth-order valence-corrected chi connectivity index (χ4v) is 1.48. The van der Waals surface area contributed by atoms with Crippen LogP contribution in [0.1, 0.15) is 13.8 Å². The zero-order valence-electron chi connectivity index (χ0n) is 9.80. The summed E-state index contributed by atoms with van der Waals surface area (Å²) < 4.78 is 0. The number of hydrogen-bond donors (Lipinski definition) is 2. The standard InChI is InChI=1S/C12H17ClN2O/c1-12(2,8-14-3)11(16)15-10-6-4-9(13)5-7-10/h4-7,14H,8H2,1-3H3,(H,15,16). The first-order valence-corrected chi connectivity index (χ1v) is 5.55. The van der Waals surface area contributed by atoms with Crippen molar-refractivity contribution in [1.29, 1.82) is 0 Å². The molecule has 3 nitrogen and oxygen atoms in total. The summed E-state index contributed by atoms with van der Waals surface area (Å²) in [6.45, 7) is 4.43. The minimum Gasteiger partial charge on any atom is -0.326 e. The minimum absolute atomic E-state index is 0.0100. The molecule has 0 spiro atoms. The van der Waals surface area contributed by atoms with Gasteiger partial charge in [-0.05, 0) is 45.2 Å². The van der Waals surface area contributed by atoms with Crippen molar-refractivity contribution < 1.29 is 4.79 Å². The van der Waals surface area contributed by atoms with E-state index in [4.69, 9.17) is 11.6 Å². The van der Waals surface area contributed by atoms with Gasteiger partial charge in [-0.2, -0.15) is 0 Å². The molecule has 0 aromatic heterocycles. The number of amides is 1. The highest BCUT2D eigenvalue weighted by molar-refractivity contribution is 6.30. The molecule has 0 aliphatic heterocycles. The molecule has 16 heavy (non-hydrogen) atoms. The molecule has 0 fully saturated rings. The molecule has 0 unspecified atom stereocenters. The Morgan fingerprint density at radius 2 is 1.88 bits per heavy atom.